The van der Waals surface area contributed by atoms with Crippen molar-refractivity contribution >= 4 is 35.6 Å². The lowest BCUT2D eigenvalue weighted by molar-refractivity contribution is 0.758. The quantitative estimate of drug-likeness (QED) is 0.428. The number of hydrogen-bond acceptors (Lipinski definition) is 2. The lowest BCUT2D eigenvalue weighted by Crippen LogP contribution is -2.29. The first-order valence-corrected chi connectivity index (χ1v) is 5.92. The maximum Gasteiger partial charge on any atom is 0.170 e. The second-order valence-corrected chi connectivity index (χ2v) is 4.14. The summed E-state index contributed by atoms with van der Waals surface area (Å²) in [6.45, 7) is 3.07. The Morgan fingerprint density at radius 1 is 1.40 bits per heavy atom. The van der Waals surface area contributed by atoms with Crippen LogP contribution < -0.4 is 10.6 Å². The van der Waals surface area contributed by atoms with Crippen molar-refractivity contribution in [1.82, 2.24) is 5.32 Å². The van der Waals surface area contributed by atoms with Gasteiger partial charge in [0.2, 0.25) is 0 Å². The van der Waals surface area contributed by atoms with Gasteiger partial charge in [-0.25, -0.2) is 0 Å². The molecule has 0 fully saturated rings. The smallest absolute Gasteiger partial charge is 0.170 e. The molecule has 0 aliphatic heterocycles. The Bertz CT molecular complexity index is 326. The molecular weight excluding hydrogens is 224 g/mol. The first kappa shape index (κ1) is 12.3. The molecule has 1 aromatic carbocycles. The Kier molecular flexibility index (Phi) is 5.50. The number of benzene rings is 1. The fraction of sp³-hybridized carbons (Fsp3) is 0.364. The van der Waals surface area contributed by atoms with Crippen molar-refractivity contribution in [2.45, 2.75) is 24.7 Å². The lowest BCUT2D eigenvalue weighted by Gasteiger charge is -2.11. The molecule has 1 aromatic rings. The molecule has 0 heterocycles. The fourth-order valence-electron chi connectivity index (χ4n) is 1.12. The summed E-state index contributed by atoms with van der Waals surface area (Å²) in [5.74, 6) is 0. The van der Waals surface area contributed by atoms with Gasteiger partial charge in [-0.2, -0.15) is 0 Å². The first-order valence-electron chi connectivity index (χ1n) is 5.07. The van der Waals surface area contributed by atoms with E-state index in [1.807, 2.05) is 24.3 Å². The summed E-state index contributed by atoms with van der Waals surface area (Å²) < 4.78 is 0. The number of rotatable bonds is 4. The van der Waals surface area contributed by atoms with Crippen LogP contribution in [0.3, 0.4) is 0 Å². The Balaban J connectivity index is 2.41. The molecule has 0 aliphatic rings. The van der Waals surface area contributed by atoms with Gasteiger partial charge in [0.05, 0.1) is 5.69 Å². The standard InChI is InChI=1S/C11H16N2S2/c1-2-3-8-12-11(15)13-9-6-4-5-7-10(9)14/h4-7,14H,2-3,8H2,1H3,(H2,12,13,15). The molecule has 0 atom stereocenters. The van der Waals surface area contributed by atoms with Crippen LogP contribution in [0.4, 0.5) is 5.69 Å². The van der Waals surface area contributed by atoms with Gasteiger partial charge in [-0.1, -0.05) is 25.5 Å². The molecule has 0 aromatic heterocycles. The van der Waals surface area contributed by atoms with Crippen molar-refractivity contribution in [3.8, 4) is 0 Å². The zero-order valence-electron chi connectivity index (χ0n) is 8.79. The number of thiocarbonyl (C=S) groups is 1. The highest BCUT2D eigenvalue weighted by Crippen LogP contribution is 2.18. The molecule has 0 unspecified atom stereocenters. The van der Waals surface area contributed by atoms with Crippen LogP contribution in [0, 0.1) is 0 Å². The number of nitrogens with one attached hydrogen (secondary N) is 2. The molecular formula is C11H16N2S2. The van der Waals surface area contributed by atoms with E-state index in [1.165, 1.54) is 6.42 Å². The summed E-state index contributed by atoms with van der Waals surface area (Å²) in [7, 11) is 0. The van der Waals surface area contributed by atoms with E-state index in [0.29, 0.717) is 5.11 Å². The van der Waals surface area contributed by atoms with Crippen LogP contribution in [0.1, 0.15) is 19.8 Å². The van der Waals surface area contributed by atoms with E-state index in [0.717, 1.165) is 23.5 Å². The third-order valence-electron chi connectivity index (χ3n) is 1.97. The third kappa shape index (κ3) is 4.53. The van der Waals surface area contributed by atoms with Gasteiger partial charge < -0.3 is 10.6 Å². The molecule has 0 amide bonds. The molecule has 4 heteroatoms. The summed E-state index contributed by atoms with van der Waals surface area (Å²) in [5, 5.41) is 6.92. The average Bonchev–Trinajstić information content (AvgIpc) is 2.22. The second-order valence-electron chi connectivity index (χ2n) is 3.25. The predicted molar refractivity (Wildman–Crippen MR) is 72.8 cm³/mol. The molecule has 0 bridgehead atoms. The SMILES string of the molecule is CCCCNC(=S)Nc1ccccc1S. The molecule has 0 saturated carbocycles. The second kappa shape index (κ2) is 6.69. The minimum absolute atomic E-state index is 0.657. The van der Waals surface area contributed by atoms with E-state index >= 15 is 0 Å². The van der Waals surface area contributed by atoms with Crippen LogP contribution >= 0.6 is 24.8 Å². The lowest BCUT2D eigenvalue weighted by atomic mass is 10.3. The minimum atomic E-state index is 0.657. The van der Waals surface area contributed by atoms with Crippen molar-refractivity contribution in [1.29, 1.82) is 0 Å². The molecule has 82 valence electrons. The highest BCUT2D eigenvalue weighted by atomic mass is 32.1. The van der Waals surface area contributed by atoms with E-state index in [4.69, 9.17) is 12.2 Å². The Labute approximate surface area is 102 Å². The Morgan fingerprint density at radius 2 is 2.13 bits per heavy atom. The van der Waals surface area contributed by atoms with Crippen LogP contribution in [0.15, 0.2) is 29.2 Å². The van der Waals surface area contributed by atoms with Crippen molar-refractivity contribution < 1.29 is 0 Å². The topological polar surface area (TPSA) is 24.1 Å². The normalized spacial score (nSPS) is 9.73. The van der Waals surface area contributed by atoms with E-state index in [1.54, 1.807) is 0 Å². The third-order valence-corrected chi connectivity index (χ3v) is 2.60. The van der Waals surface area contributed by atoms with Crippen molar-refractivity contribution in [3.63, 3.8) is 0 Å². The number of para-hydroxylation sites is 1. The van der Waals surface area contributed by atoms with Gasteiger partial charge in [0, 0.05) is 11.4 Å². The predicted octanol–water partition coefficient (Wildman–Crippen LogP) is 3.06. The first-order chi connectivity index (χ1) is 7.24. The largest absolute Gasteiger partial charge is 0.362 e. The van der Waals surface area contributed by atoms with Crippen molar-refractivity contribution in [2.24, 2.45) is 0 Å². The van der Waals surface area contributed by atoms with Gasteiger partial charge in [0.25, 0.3) is 0 Å². The maximum atomic E-state index is 5.15. The number of thiol groups is 1. The van der Waals surface area contributed by atoms with Crippen LogP contribution in [-0.4, -0.2) is 11.7 Å². The van der Waals surface area contributed by atoms with Gasteiger partial charge in [-0.15, -0.1) is 12.6 Å². The van der Waals surface area contributed by atoms with Crippen LogP contribution in [0.5, 0.6) is 0 Å². The van der Waals surface area contributed by atoms with E-state index in [-0.39, 0.29) is 0 Å². The van der Waals surface area contributed by atoms with E-state index in [2.05, 4.69) is 30.2 Å². The summed E-state index contributed by atoms with van der Waals surface area (Å²) >= 11 is 9.48. The Morgan fingerprint density at radius 3 is 2.80 bits per heavy atom. The zero-order chi connectivity index (χ0) is 11.1. The van der Waals surface area contributed by atoms with Crippen molar-refractivity contribution in [3.05, 3.63) is 24.3 Å². The molecule has 0 saturated heterocycles. The molecule has 1 rings (SSSR count). The van der Waals surface area contributed by atoms with Gasteiger partial charge in [-0.05, 0) is 30.8 Å². The number of hydrogen-bond donors (Lipinski definition) is 3. The van der Waals surface area contributed by atoms with Gasteiger partial charge >= 0.3 is 0 Å². The van der Waals surface area contributed by atoms with Gasteiger partial charge in [-0.3, -0.25) is 0 Å². The average molecular weight is 240 g/mol. The fourth-order valence-corrected chi connectivity index (χ4v) is 1.55. The molecule has 0 aliphatic carbocycles. The summed E-state index contributed by atoms with van der Waals surface area (Å²) in [6.07, 6.45) is 2.29. The molecule has 0 radical (unpaired) electrons. The molecule has 15 heavy (non-hydrogen) atoms. The summed E-state index contributed by atoms with van der Waals surface area (Å²) in [5.41, 5.74) is 0.940. The van der Waals surface area contributed by atoms with E-state index in [9.17, 15) is 0 Å². The van der Waals surface area contributed by atoms with Gasteiger partial charge in [0.15, 0.2) is 5.11 Å². The zero-order valence-corrected chi connectivity index (χ0v) is 10.5. The van der Waals surface area contributed by atoms with Crippen LogP contribution in [0.2, 0.25) is 0 Å². The van der Waals surface area contributed by atoms with Crippen LogP contribution in [-0.2, 0) is 0 Å². The monoisotopic (exact) mass is 240 g/mol. The minimum Gasteiger partial charge on any atom is -0.362 e. The highest BCUT2D eigenvalue weighted by molar-refractivity contribution is 7.81. The number of unbranched alkanes of at least 4 members (excludes halogenated alkanes) is 1. The summed E-state index contributed by atoms with van der Waals surface area (Å²) in [4.78, 5) is 0.900. The van der Waals surface area contributed by atoms with Gasteiger partial charge in [0.1, 0.15) is 0 Å². The molecule has 2 N–H and O–H groups in total. The van der Waals surface area contributed by atoms with E-state index < -0.39 is 0 Å². The summed E-state index contributed by atoms with van der Waals surface area (Å²) in [6, 6.07) is 7.79. The molecule has 2 nitrogen and oxygen atoms in total. The number of anilines is 1. The maximum absolute atomic E-state index is 5.15. The van der Waals surface area contributed by atoms with Crippen molar-refractivity contribution in [2.75, 3.05) is 11.9 Å². The van der Waals surface area contributed by atoms with Crippen LogP contribution in [0.25, 0.3) is 0 Å². The highest BCUT2D eigenvalue weighted by Gasteiger charge is 1.99. The molecule has 0 spiro atoms. The Hall–Kier alpha value is -0.740.